The summed E-state index contributed by atoms with van der Waals surface area (Å²) in [5, 5.41) is 14.9. The minimum atomic E-state index is -3.83. The van der Waals surface area contributed by atoms with Crippen LogP contribution in [-0.2, 0) is 15.0 Å². The molecule has 1 unspecified atom stereocenters. The first-order valence-electron chi connectivity index (χ1n) is 11.3. The van der Waals surface area contributed by atoms with Crippen molar-refractivity contribution in [3.63, 3.8) is 0 Å². The van der Waals surface area contributed by atoms with Gasteiger partial charge in [0, 0.05) is 43.6 Å². The molecule has 0 amide bonds. The number of carboxylic acids is 1. The molecule has 1 aliphatic rings. The molecule has 3 aromatic carbocycles. The summed E-state index contributed by atoms with van der Waals surface area (Å²) in [6.45, 7) is 5.09. The maximum atomic E-state index is 12.4. The quantitative estimate of drug-likeness (QED) is 0.455. The van der Waals surface area contributed by atoms with E-state index in [1.807, 2.05) is 36.4 Å². The van der Waals surface area contributed by atoms with Crippen molar-refractivity contribution in [3.05, 3.63) is 72.3 Å². The molecule has 2 atom stereocenters. The van der Waals surface area contributed by atoms with Gasteiger partial charge in [0.25, 0.3) is 10.2 Å². The lowest BCUT2D eigenvalue weighted by Gasteiger charge is -2.35. The number of fused-ring (bicyclic) bond motifs is 1. The van der Waals surface area contributed by atoms with E-state index in [0.717, 1.165) is 11.4 Å². The summed E-state index contributed by atoms with van der Waals surface area (Å²) in [5.74, 6) is -1.20. The van der Waals surface area contributed by atoms with E-state index < -0.39 is 22.2 Å². The summed E-state index contributed by atoms with van der Waals surface area (Å²) in [4.78, 5) is 13.1. The van der Waals surface area contributed by atoms with Gasteiger partial charge in [0.05, 0.1) is 0 Å². The molecule has 8 nitrogen and oxygen atoms in total. The molecule has 1 fully saturated rings. The third-order valence-corrected chi connectivity index (χ3v) is 7.86. The molecule has 3 aromatic rings. The van der Waals surface area contributed by atoms with Gasteiger partial charge in [-0.05, 0) is 60.5 Å². The Morgan fingerprint density at radius 1 is 0.912 bits per heavy atom. The number of anilines is 2. The van der Waals surface area contributed by atoms with Gasteiger partial charge < -0.3 is 15.3 Å². The van der Waals surface area contributed by atoms with Gasteiger partial charge in [-0.3, -0.25) is 4.79 Å². The minimum Gasteiger partial charge on any atom is -0.480 e. The maximum absolute atomic E-state index is 12.4. The minimum absolute atomic E-state index is 0.143. The normalized spacial score (nSPS) is 16.8. The Labute approximate surface area is 200 Å². The molecule has 180 valence electrons. The molecule has 1 heterocycles. The van der Waals surface area contributed by atoms with Crippen molar-refractivity contribution in [1.82, 2.24) is 9.03 Å². The molecule has 0 radical (unpaired) electrons. The molecule has 34 heavy (non-hydrogen) atoms. The largest absolute Gasteiger partial charge is 0.480 e. The molecule has 0 bridgehead atoms. The summed E-state index contributed by atoms with van der Waals surface area (Å²) in [5.41, 5.74) is 3.25. The van der Waals surface area contributed by atoms with Crippen LogP contribution in [0.15, 0.2) is 66.7 Å². The van der Waals surface area contributed by atoms with Crippen molar-refractivity contribution in [2.45, 2.75) is 25.9 Å². The lowest BCUT2D eigenvalue weighted by atomic mass is 10.0. The highest BCUT2D eigenvalue weighted by atomic mass is 32.2. The molecule has 0 aromatic heterocycles. The summed E-state index contributed by atoms with van der Waals surface area (Å²) < 4.78 is 28.3. The van der Waals surface area contributed by atoms with E-state index in [0.29, 0.717) is 26.2 Å². The van der Waals surface area contributed by atoms with Crippen LogP contribution in [0.1, 0.15) is 25.5 Å². The number of hydrogen-bond donors (Lipinski definition) is 3. The van der Waals surface area contributed by atoms with E-state index in [9.17, 15) is 13.2 Å². The van der Waals surface area contributed by atoms with Gasteiger partial charge in [-0.15, -0.1) is 0 Å². The van der Waals surface area contributed by atoms with E-state index in [-0.39, 0.29) is 6.04 Å². The fourth-order valence-electron chi connectivity index (χ4n) is 4.11. The van der Waals surface area contributed by atoms with Crippen LogP contribution >= 0.6 is 0 Å². The van der Waals surface area contributed by atoms with Gasteiger partial charge >= 0.3 is 5.97 Å². The lowest BCUT2D eigenvalue weighted by Crippen LogP contribution is -2.54. The number of benzene rings is 3. The second-order valence-corrected chi connectivity index (χ2v) is 10.3. The zero-order valence-electron chi connectivity index (χ0n) is 19.3. The zero-order valence-corrected chi connectivity index (χ0v) is 20.1. The van der Waals surface area contributed by atoms with E-state index in [2.05, 4.69) is 52.2 Å². The first-order chi connectivity index (χ1) is 16.2. The number of rotatable bonds is 8. The van der Waals surface area contributed by atoms with Crippen molar-refractivity contribution in [2.75, 3.05) is 36.4 Å². The maximum Gasteiger partial charge on any atom is 0.321 e. The molecule has 1 saturated heterocycles. The van der Waals surface area contributed by atoms with Crippen molar-refractivity contribution in [2.24, 2.45) is 0 Å². The Hall–Kier alpha value is -3.14. The number of aliphatic carboxylic acids is 1. The van der Waals surface area contributed by atoms with Crippen LogP contribution in [0.4, 0.5) is 11.4 Å². The number of carboxylic acid groups (broad SMARTS) is 1. The summed E-state index contributed by atoms with van der Waals surface area (Å²) in [6.07, 6.45) is 0. The number of carbonyl (C=O) groups is 1. The van der Waals surface area contributed by atoms with Gasteiger partial charge in [0.15, 0.2) is 0 Å². The Bertz CT molecular complexity index is 1260. The van der Waals surface area contributed by atoms with Crippen molar-refractivity contribution < 1.29 is 18.3 Å². The zero-order chi connectivity index (χ0) is 24.3. The highest BCUT2D eigenvalue weighted by Gasteiger charge is 2.29. The van der Waals surface area contributed by atoms with Gasteiger partial charge in [0.2, 0.25) is 0 Å². The lowest BCUT2D eigenvalue weighted by molar-refractivity contribution is -0.138. The average molecular weight is 483 g/mol. The Morgan fingerprint density at radius 3 is 2.21 bits per heavy atom. The third kappa shape index (κ3) is 5.49. The SMILES string of the molecule is CC(Nc1ccc(N2CCN(S(=O)(=O)N[C@H](C)C(=O)O)CC2)cc1)c1ccc2ccccc2c1. The van der Waals surface area contributed by atoms with Crippen molar-refractivity contribution >= 4 is 38.3 Å². The van der Waals surface area contributed by atoms with Gasteiger partial charge in [-0.2, -0.15) is 17.4 Å². The Morgan fingerprint density at radius 2 is 1.56 bits per heavy atom. The first kappa shape index (κ1) is 24.0. The first-order valence-corrected chi connectivity index (χ1v) is 12.8. The summed E-state index contributed by atoms with van der Waals surface area (Å²) in [6, 6.07) is 21.9. The molecule has 1 aliphatic heterocycles. The second-order valence-electron chi connectivity index (χ2n) is 8.59. The number of nitrogens with zero attached hydrogens (tertiary/aromatic N) is 2. The highest BCUT2D eigenvalue weighted by molar-refractivity contribution is 7.87. The number of nitrogens with one attached hydrogen (secondary N) is 2. The van der Waals surface area contributed by atoms with Crippen LogP contribution in [0.5, 0.6) is 0 Å². The Kier molecular flexibility index (Phi) is 7.06. The van der Waals surface area contributed by atoms with Crippen LogP contribution in [-0.4, -0.2) is 56.0 Å². The smallest absolute Gasteiger partial charge is 0.321 e. The molecule has 9 heteroatoms. The van der Waals surface area contributed by atoms with E-state index in [1.165, 1.54) is 27.6 Å². The van der Waals surface area contributed by atoms with E-state index in [1.54, 1.807) is 0 Å². The van der Waals surface area contributed by atoms with Gasteiger partial charge in [-0.1, -0.05) is 36.4 Å². The fourth-order valence-corrected chi connectivity index (χ4v) is 5.45. The van der Waals surface area contributed by atoms with Crippen LogP contribution in [0, 0.1) is 0 Å². The highest BCUT2D eigenvalue weighted by Crippen LogP contribution is 2.25. The molecular weight excluding hydrogens is 452 g/mol. The van der Waals surface area contributed by atoms with E-state index >= 15 is 0 Å². The summed E-state index contributed by atoms with van der Waals surface area (Å²) in [7, 11) is -3.83. The van der Waals surface area contributed by atoms with E-state index in [4.69, 9.17) is 5.11 Å². The average Bonchev–Trinajstić information content (AvgIpc) is 2.84. The van der Waals surface area contributed by atoms with Crippen molar-refractivity contribution in [3.8, 4) is 0 Å². The molecule has 3 N–H and O–H groups in total. The topological polar surface area (TPSA) is 102 Å². The summed E-state index contributed by atoms with van der Waals surface area (Å²) >= 11 is 0. The number of hydrogen-bond acceptors (Lipinski definition) is 5. The fraction of sp³-hybridized carbons (Fsp3) is 0.320. The van der Waals surface area contributed by atoms with Gasteiger partial charge in [-0.25, -0.2) is 0 Å². The third-order valence-electron chi connectivity index (χ3n) is 6.16. The van der Waals surface area contributed by atoms with Gasteiger partial charge in [0.1, 0.15) is 6.04 Å². The monoisotopic (exact) mass is 482 g/mol. The predicted octanol–water partition coefficient (Wildman–Crippen LogP) is 3.44. The molecule has 4 rings (SSSR count). The second kappa shape index (κ2) is 10.0. The number of piperazine rings is 1. The molecule has 0 spiro atoms. The standard InChI is InChI=1S/C25H30N4O4S/c1-18(21-8-7-20-5-3-4-6-22(20)17-21)26-23-9-11-24(12-10-23)28-13-15-29(16-14-28)34(32,33)27-19(2)25(30)31/h3-12,17-19,26-27H,13-16H2,1-2H3,(H,30,31)/t18?,19-/m1/s1. The molecular formula is C25H30N4O4S. The van der Waals surface area contributed by atoms with Crippen LogP contribution in [0.2, 0.25) is 0 Å². The molecule has 0 aliphatic carbocycles. The Balaban J connectivity index is 1.34. The molecule has 0 saturated carbocycles. The van der Waals surface area contributed by atoms with Crippen LogP contribution in [0.3, 0.4) is 0 Å². The predicted molar refractivity (Wildman–Crippen MR) is 135 cm³/mol. The van der Waals surface area contributed by atoms with Crippen molar-refractivity contribution in [1.29, 1.82) is 0 Å². The van der Waals surface area contributed by atoms with Crippen LogP contribution in [0.25, 0.3) is 10.8 Å². The van der Waals surface area contributed by atoms with Crippen LogP contribution < -0.4 is 14.9 Å².